The van der Waals surface area contributed by atoms with Gasteiger partial charge in [0.25, 0.3) is 0 Å². The summed E-state index contributed by atoms with van der Waals surface area (Å²) in [6.45, 7) is 2.02. The topological polar surface area (TPSA) is 66.8 Å². The maximum absolute atomic E-state index is 11.1. The predicted octanol–water partition coefficient (Wildman–Crippen LogP) is 1.38. The zero-order chi connectivity index (χ0) is 11.3. The predicted molar refractivity (Wildman–Crippen MR) is 54.3 cm³/mol. The minimum atomic E-state index is -0.885. The molecule has 0 amide bonds. The highest BCUT2D eigenvalue weighted by molar-refractivity contribution is 5.70. The number of carbonyl (C=O) groups is 1. The van der Waals surface area contributed by atoms with Crippen molar-refractivity contribution >= 4 is 5.97 Å². The van der Waals surface area contributed by atoms with E-state index in [2.05, 4.69) is 0 Å². The van der Waals surface area contributed by atoms with Crippen LogP contribution in [0.2, 0.25) is 0 Å². The highest BCUT2D eigenvalue weighted by Gasteiger charge is 2.13. The van der Waals surface area contributed by atoms with Crippen molar-refractivity contribution in [1.82, 2.24) is 0 Å². The first-order valence-corrected chi connectivity index (χ1v) is 4.76. The Balaban J connectivity index is 2.57. The van der Waals surface area contributed by atoms with Crippen molar-refractivity contribution in [2.45, 2.75) is 19.4 Å². The molecule has 4 heteroatoms. The number of carbonyl (C=O) groups excluding carboxylic acids is 1. The van der Waals surface area contributed by atoms with E-state index in [0.29, 0.717) is 12.2 Å². The standard InChI is InChI=1S/C11H14O4/c1-2-15-11(14)7-10(13)8-3-5-9(12)6-4-8/h3-6,10,12-13H,2,7H2,1H3/t10-/m0/s1. The molecule has 0 spiro atoms. The molecule has 1 atom stereocenters. The summed E-state index contributed by atoms with van der Waals surface area (Å²) in [5.74, 6) is -0.305. The monoisotopic (exact) mass is 210 g/mol. The van der Waals surface area contributed by atoms with Gasteiger partial charge in [0.15, 0.2) is 0 Å². The molecule has 1 aromatic rings. The van der Waals surface area contributed by atoms with Gasteiger partial charge in [0, 0.05) is 0 Å². The minimum absolute atomic E-state index is 0.0708. The lowest BCUT2D eigenvalue weighted by atomic mass is 10.1. The number of esters is 1. The number of hydrogen-bond donors (Lipinski definition) is 2. The lowest BCUT2D eigenvalue weighted by molar-refractivity contribution is -0.145. The number of phenolic OH excluding ortho intramolecular Hbond substituents is 1. The summed E-state index contributed by atoms with van der Waals surface area (Å²) in [4.78, 5) is 11.1. The quantitative estimate of drug-likeness (QED) is 0.737. The Bertz CT molecular complexity index is 318. The Morgan fingerprint density at radius 2 is 2.00 bits per heavy atom. The Hall–Kier alpha value is -1.55. The molecule has 2 N–H and O–H groups in total. The zero-order valence-electron chi connectivity index (χ0n) is 8.51. The summed E-state index contributed by atoms with van der Waals surface area (Å²) < 4.78 is 4.71. The Kier molecular flexibility index (Phi) is 4.12. The number of hydrogen-bond acceptors (Lipinski definition) is 4. The second-order valence-corrected chi connectivity index (χ2v) is 3.12. The third-order valence-electron chi connectivity index (χ3n) is 1.94. The van der Waals surface area contributed by atoms with Crippen LogP contribution in [0.25, 0.3) is 0 Å². The average Bonchev–Trinajstić information content (AvgIpc) is 2.18. The average molecular weight is 210 g/mol. The molecule has 1 rings (SSSR count). The van der Waals surface area contributed by atoms with Crippen LogP contribution >= 0.6 is 0 Å². The fraction of sp³-hybridized carbons (Fsp3) is 0.364. The first kappa shape index (κ1) is 11.5. The van der Waals surface area contributed by atoms with Crippen molar-refractivity contribution in [1.29, 1.82) is 0 Å². The molecule has 0 heterocycles. The third-order valence-corrected chi connectivity index (χ3v) is 1.94. The highest BCUT2D eigenvalue weighted by atomic mass is 16.5. The molecule has 82 valence electrons. The number of ether oxygens (including phenoxy) is 1. The summed E-state index contributed by atoms with van der Waals surface area (Å²) in [5.41, 5.74) is 0.584. The van der Waals surface area contributed by atoms with Crippen molar-refractivity contribution in [3.05, 3.63) is 29.8 Å². The number of aliphatic hydroxyl groups is 1. The van der Waals surface area contributed by atoms with Crippen LogP contribution in [-0.4, -0.2) is 22.8 Å². The van der Waals surface area contributed by atoms with E-state index < -0.39 is 12.1 Å². The van der Waals surface area contributed by atoms with Crippen LogP contribution in [0, 0.1) is 0 Å². The van der Waals surface area contributed by atoms with Crippen molar-refractivity contribution in [3.8, 4) is 5.75 Å². The van der Waals surface area contributed by atoms with Gasteiger partial charge in [0.2, 0.25) is 0 Å². The molecule has 0 saturated carbocycles. The summed E-state index contributed by atoms with van der Waals surface area (Å²) in [7, 11) is 0. The van der Waals surface area contributed by atoms with Crippen LogP contribution in [0.5, 0.6) is 5.75 Å². The van der Waals surface area contributed by atoms with E-state index in [4.69, 9.17) is 9.84 Å². The zero-order valence-corrected chi connectivity index (χ0v) is 8.51. The van der Waals surface area contributed by atoms with Crippen LogP contribution in [0.3, 0.4) is 0 Å². The van der Waals surface area contributed by atoms with Crippen molar-refractivity contribution < 1.29 is 19.7 Å². The molecule has 1 aromatic carbocycles. The van der Waals surface area contributed by atoms with Gasteiger partial charge < -0.3 is 14.9 Å². The summed E-state index contributed by atoms with van der Waals surface area (Å²) in [5, 5.41) is 18.7. The Labute approximate surface area is 88.1 Å². The number of aromatic hydroxyl groups is 1. The number of phenols is 1. The normalized spacial score (nSPS) is 12.1. The van der Waals surface area contributed by atoms with Gasteiger partial charge in [-0.3, -0.25) is 4.79 Å². The molecule has 0 aliphatic rings. The van der Waals surface area contributed by atoms with E-state index in [1.54, 1.807) is 19.1 Å². The molecule has 0 bridgehead atoms. The van der Waals surface area contributed by atoms with Gasteiger partial charge in [0.1, 0.15) is 5.75 Å². The first-order chi connectivity index (χ1) is 7.13. The fourth-order valence-corrected chi connectivity index (χ4v) is 1.19. The molecule has 0 aliphatic carbocycles. The third kappa shape index (κ3) is 3.59. The van der Waals surface area contributed by atoms with Crippen molar-refractivity contribution in [2.24, 2.45) is 0 Å². The Morgan fingerprint density at radius 3 is 2.53 bits per heavy atom. The van der Waals surface area contributed by atoms with E-state index >= 15 is 0 Å². The van der Waals surface area contributed by atoms with Gasteiger partial charge in [-0.25, -0.2) is 0 Å². The SMILES string of the molecule is CCOC(=O)C[C@H](O)c1ccc(O)cc1. The van der Waals surface area contributed by atoms with Gasteiger partial charge in [-0.1, -0.05) is 12.1 Å². The second-order valence-electron chi connectivity index (χ2n) is 3.12. The molecule has 4 nitrogen and oxygen atoms in total. The van der Waals surface area contributed by atoms with E-state index in [0.717, 1.165) is 0 Å². The maximum atomic E-state index is 11.1. The minimum Gasteiger partial charge on any atom is -0.508 e. The van der Waals surface area contributed by atoms with Gasteiger partial charge in [0.05, 0.1) is 19.1 Å². The van der Waals surface area contributed by atoms with Crippen LogP contribution < -0.4 is 0 Å². The number of benzene rings is 1. The van der Waals surface area contributed by atoms with Crippen LogP contribution in [0.1, 0.15) is 25.0 Å². The van der Waals surface area contributed by atoms with E-state index in [1.807, 2.05) is 0 Å². The molecular weight excluding hydrogens is 196 g/mol. The lowest BCUT2D eigenvalue weighted by Gasteiger charge is -2.09. The van der Waals surface area contributed by atoms with Crippen LogP contribution in [-0.2, 0) is 9.53 Å². The second kappa shape index (κ2) is 5.36. The van der Waals surface area contributed by atoms with Gasteiger partial charge >= 0.3 is 5.97 Å². The summed E-state index contributed by atoms with van der Waals surface area (Å²) in [6.07, 6.45) is -0.955. The molecule has 0 aliphatic heterocycles. The molecule has 15 heavy (non-hydrogen) atoms. The molecule has 0 saturated heterocycles. The smallest absolute Gasteiger partial charge is 0.308 e. The van der Waals surface area contributed by atoms with E-state index in [-0.39, 0.29) is 12.2 Å². The molecule has 0 radical (unpaired) electrons. The molecular formula is C11H14O4. The lowest BCUT2D eigenvalue weighted by Crippen LogP contribution is -2.09. The van der Waals surface area contributed by atoms with Gasteiger partial charge in [-0.2, -0.15) is 0 Å². The Morgan fingerprint density at radius 1 is 1.40 bits per heavy atom. The van der Waals surface area contributed by atoms with Crippen LogP contribution in [0.4, 0.5) is 0 Å². The maximum Gasteiger partial charge on any atom is 0.308 e. The largest absolute Gasteiger partial charge is 0.508 e. The molecule has 0 fully saturated rings. The van der Waals surface area contributed by atoms with Crippen LogP contribution in [0.15, 0.2) is 24.3 Å². The van der Waals surface area contributed by atoms with E-state index in [1.165, 1.54) is 12.1 Å². The summed E-state index contributed by atoms with van der Waals surface area (Å²) >= 11 is 0. The van der Waals surface area contributed by atoms with Crippen molar-refractivity contribution in [3.63, 3.8) is 0 Å². The van der Waals surface area contributed by atoms with Gasteiger partial charge in [-0.05, 0) is 24.6 Å². The van der Waals surface area contributed by atoms with Crippen molar-refractivity contribution in [2.75, 3.05) is 6.61 Å². The fourth-order valence-electron chi connectivity index (χ4n) is 1.19. The number of aliphatic hydroxyl groups excluding tert-OH is 1. The van der Waals surface area contributed by atoms with Gasteiger partial charge in [-0.15, -0.1) is 0 Å². The molecule has 0 aromatic heterocycles. The highest BCUT2D eigenvalue weighted by Crippen LogP contribution is 2.19. The summed E-state index contributed by atoms with van der Waals surface area (Å²) in [6, 6.07) is 6.06. The van der Waals surface area contributed by atoms with E-state index in [9.17, 15) is 9.90 Å². The number of rotatable bonds is 4. The molecule has 0 unspecified atom stereocenters. The first-order valence-electron chi connectivity index (χ1n) is 4.76.